The summed E-state index contributed by atoms with van der Waals surface area (Å²) in [5.41, 5.74) is 10.6. The molecule has 0 fully saturated rings. The monoisotopic (exact) mass is 303 g/mol. The molecule has 0 unspecified atom stereocenters. The maximum Gasteiger partial charge on any atom is 0.209 e. The third-order valence-electron chi connectivity index (χ3n) is 3.40. The molecule has 0 aliphatic carbocycles. The fourth-order valence-electron chi connectivity index (χ4n) is 2.26. The van der Waals surface area contributed by atoms with Gasteiger partial charge in [0.15, 0.2) is 0 Å². The molecule has 3 aromatic rings. The van der Waals surface area contributed by atoms with Gasteiger partial charge in [-0.25, -0.2) is 10.4 Å². The first-order valence-electron chi connectivity index (χ1n) is 7.28. The van der Waals surface area contributed by atoms with Crippen LogP contribution in [-0.4, -0.2) is 17.2 Å². The average Bonchev–Trinajstić information content (AvgIpc) is 2.61. The lowest BCUT2D eigenvalue weighted by Gasteiger charge is -2.04. The number of nitrogens with one attached hydrogen (secondary N) is 1. The summed E-state index contributed by atoms with van der Waals surface area (Å²) in [6.07, 6.45) is 5.08. The Labute approximate surface area is 134 Å². The summed E-state index contributed by atoms with van der Waals surface area (Å²) in [5.74, 6) is 0.281. The van der Waals surface area contributed by atoms with Crippen molar-refractivity contribution in [2.24, 2.45) is 15.8 Å². The zero-order valence-corrected chi connectivity index (χ0v) is 12.6. The van der Waals surface area contributed by atoms with E-state index in [9.17, 15) is 0 Å². The number of aliphatic imine (C=N–C) groups is 1. The fraction of sp³-hybridized carbons (Fsp3) is 0.0556. The SMILES string of the molecule is NC(=NCc1cccc2ccccc12)N/N=C/c1ccncc1. The van der Waals surface area contributed by atoms with Crippen LogP contribution < -0.4 is 11.2 Å². The van der Waals surface area contributed by atoms with Crippen molar-refractivity contribution in [1.29, 1.82) is 0 Å². The van der Waals surface area contributed by atoms with Gasteiger partial charge in [-0.2, -0.15) is 5.10 Å². The predicted molar refractivity (Wildman–Crippen MR) is 94.2 cm³/mol. The second-order valence-electron chi connectivity index (χ2n) is 4.99. The Bertz CT molecular complexity index is 835. The molecule has 0 bridgehead atoms. The van der Waals surface area contributed by atoms with Gasteiger partial charge < -0.3 is 5.73 Å². The largest absolute Gasteiger partial charge is 0.369 e. The normalized spacial score (nSPS) is 11.9. The van der Waals surface area contributed by atoms with Crippen molar-refractivity contribution in [3.05, 3.63) is 78.1 Å². The number of hydrazone groups is 1. The van der Waals surface area contributed by atoms with Gasteiger partial charge in [0.25, 0.3) is 0 Å². The molecule has 0 atom stereocenters. The van der Waals surface area contributed by atoms with Gasteiger partial charge in [-0.15, -0.1) is 0 Å². The highest BCUT2D eigenvalue weighted by Crippen LogP contribution is 2.18. The number of pyridine rings is 1. The number of guanidine groups is 1. The van der Waals surface area contributed by atoms with E-state index in [1.165, 1.54) is 10.8 Å². The number of rotatable bonds is 4. The van der Waals surface area contributed by atoms with Crippen molar-refractivity contribution in [1.82, 2.24) is 10.4 Å². The summed E-state index contributed by atoms with van der Waals surface area (Å²) in [6.45, 7) is 0.505. The van der Waals surface area contributed by atoms with E-state index < -0.39 is 0 Å². The molecule has 1 heterocycles. The Morgan fingerprint density at radius 3 is 2.70 bits per heavy atom. The van der Waals surface area contributed by atoms with E-state index in [-0.39, 0.29) is 5.96 Å². The van der Waals surface area contributed by atoms with Crippen molar-refractivity contribution in [2.75, 3.05) is 0 Å². The molecule has 0 aliphatic heterocycles. The molecule has 0 saturated carbocycles. The zero-order valence-electron chi connectivity index (χ0n) is 12.6. The van der Waals surface area contributed by atoms with Gasteiger partial charge >= 0.3 is 0 Å². The second kappa shape index (κ2) is 7.17. The molecular weight excluding hydrogens is 286 g/mol. The molecule has 114 valence electrons. The quantitative estimate of drug-likeness (QED) is 0.442. The lowest BCUT2D eigenvalue weighted by molar-refractivity contribution is 0.966. The molecule has 0 radical (unpaired) electrons. The van der Waals surface area contributed by atoms with Crippen LogP contribution in [0.5, 0.6) is 0 Å². The highest BCUT2D eigenvalue weighted by Gasteiger charge is 1.99. The summed E-state index contributed by atoms with van der Waals surface area (Å²) < 4.78 is 0. The van der Waals surface area contributed by atoms with Crippen LogP contribution >= 0.6 is 0 Å². The number of nitrogens with two attached hydrogens (primary N) is 1. The lowest BCUT2D eigenvalue weighted by Crippen LogP contribution is -2.27. The molecule has 5 nitrogen and oxygen atoms in total. The Kier molecular flexibility index (Phi) is 4.59. The molecular formula is C18H17N5. The van der Waals surface area contributed by atoms with E-state index in [1.54, 1.807) is 18.6 Å². The number of hydrogen-bond donors (Lipinski definition) is 2. The van der Waals surface area contributed by atoms with Crippen molar-refractivity contribution >= 4 is 22.9 Å². The molecule has 1 aromatic heterocycles. The standard InChI is InChI=1S/C18H17N5/c19-18(23-22-12-14-8-10-20-11-9-14)21-13-16-6-3-5-15-4-1-2-7-17(15)16/h1-12H,13H2,(H3,19,21,23)/b22-12+. The molecule has 0 spiro atoms. The highest BCUT2D eigenvalue weighted by molar-refractivity contribution is 5.86. The van der Waals surface area contributed by atoms with Crippen LogP contribution in [0.3, 0.4) is 0 Å². The summed E-state index contributed by atoms with van der Waals surface area (Å²) >= 11 is 0. The zero-order chi connectivity index (χ0) is 15.9. The summed E-state index contributed by atoms with van der Waals surface area (Å²) in [6, 6.07) is 18.1. The van der Waals surface area contributed by atoms with Crippen molar-refractivity contribution in [2.45, 2.75) is 6.54 Å². The van der Waals surface area contributed by atoms with Gasteiger partial charge in [-0.05, 0) is 34.0 Å². The lowest BCUT2D eigenvalue weighted by atomic mass is 10.1. The first-order valence-corrected chi connectivity index (χ1v) is 7.28. The van der Waals surface area contributed by atoms with Gasteiger partial charge in [0.1, 0.15) is 0 Å². The van der Waals surface area contributed by atoms with Crippen molar-refractivity contribution < 1.29 is 0 Å². The Hall–Kier alpha value is -3.21. The van der Waals surface area contributed by atoms with Crippen LogP contribution in [0.1, 0.15) is 11.1 Å². The second-order valence-corrected chi connectivity index (χ2v) is 4.99. The Morgan fingerprint density at radius 1 is 1.04 bits per heavy atom. The molecule has 0 amide bonds. The summed E-state index contributed by atoms with van der Waals surface area (Å²) in [7, 11) is 0. The smallest absolute Gasteiger partial charge is 0.209 e. The third-order valence-corrected chi connectivity index (χ3v) is 3.40. The Balaban J connectivity index is 1.66. The minimum absolute atomic E-state index is 0.281. The Morgan fingerprint density at radius 2 is 1.83 bits per heavy atom. The van der Waals surface area contributed by atoms with Gasteiger partial charge in [-0.3, -0.25) is 4.98 Å². The maximum atomic E-state index is 5.84. The van der Waals surface area contributed by atoms with E-state index >= 15 is 0 Å². The summed E-state index contributed by atoms with van der Waals surface area (Å²) in [4.78, 5) is 8.28. The van der Waals surface area contributed by atoms with Gasteiger partial charge in [-0.1, -0.05) is 42.5 Å². The van der Waals surface area contributed by atoms with Crippen LogP contribution in [0.2, 0.25) is 0 Å². The molecule has 3 N–H and O–H groups in total. The van der Waals surface area contributed by atoms with Gasteiger partial charge in [0.2, 0.25) is 5.96 Å². The van der Waals surface area contributed by atoms with E-state index in [1.807, 2.05) is 30.3 Å². The van der Waals surface area contributed by atoms with Gasteiger partial charge in [0.05, 0.1) is 12.8 Å². The predicted octanol–water partition coefficient (Wildman–Crippen LogP) is 2.67. The minimum Gasteiger partial charge on any atom is -0.369 e. The van der Waals surface area contributed by atoms with Crippen LogP contribution in [0, 0.1) is 0 Å². The van der Waals surface area contributed by atoms with Crippen LogP contribution in [0.15, 0.2) is 77.1 Å². The molecule has 0 saturated heterocycles. The molecule has 5 heteroatoms. The first kappa shape index (κ1) is 14.7. The van der Waals surface area contributed by atoms with Gasteiger partial charge in [0, 0.05) is 12.4 Å². The number of aromatic nitrogens is 1. The number of hydrogen-bond acceptors (Lipinski definition) is 3. The number of fused-ring (bicyclic) bond motifs is 1. The number of benzene rings is 2. The van der Waals surface area contributed by atoms with Crippen molar-refractivity contribution in [3.8, 4) is 0 Å². The molecule has 23 heavy (non-hydrogen) atoms. The van der Waals surface area contributed by atoms with E-state index in [0.717, 1.165) is 11.1 Å². The van der Waals surface area contributed by atoms with Crippen molar-refractivity contribution in [3.63, 3.8) is 0 Å². The summed E-state index contributed by atoms with van der Waals surface area (Å²) in [5, 5.41) is 6.44. The minimum atomic E-state index is 0.281. The van der Waals surface area contributed by atoms with E-state index in [0.29, 0.717) is 6.54 Å². The molecule has 2 aromatic carbocycles. The van der Waals surface area contributed by atoms with E-state index in [2.05, 4.69) is 44.8 Å². The van der Waals surface area contributed by atoms with E-state index in [4.69, 9.17) is 5.73 Å². The average molecular weight is 303 g/mol. The number of nitrogens with zero attached hydrogens (tertiary/aromatic N) is 3. The first-order chi connectivity index (χ1) is 11.3. The maximum absolute atomic E-state index is 5.84. The highest BCUT2D eigenvalue weighted by atomic mass is 15.3. The molecule has 0 aliphatic rings. The van der Waals surface area contributed by atoms with Crippen LogP contribution in [0.4, 0.5) is 0 Å². The fourth-order valence-corrected chi connectivity index (χ4v) is 2.26. The topological polar surface area (TPSA) is 75.7 Å². The third kappa shape index (κ3) is 3.91. The molecule has 3 rings (SSSR count). The van der Waals surface area contributed by atoms with Crippen LogP contribution in [0.25, 0.3) is 10.8 Å². The van der Waals surface area contributed by atoms with Crippen LogP contribution in [-0.2, 0) is 6.54 Å².